The monoisotopic (exact) mass is 251 g/mol. The second-order valence-corrected chi connectivity index (χ2v) is 4.97. The molecule has 0 amide bonds. The summed E-state index contributed by atoms with van der Waals surface area (Å²) in [5.74, 6) is 0. The molecule has 0 atom stereocenters. The number of likely N-dealkylation sites (N-methyl/N-ethyl adjacent to an activating group) is 1. The van der Waals surface area contributed by atoms with E-state index in [4.69, 9.17) is 0 Å². The number of rotatable bonds is 11. The zero-order valence-electron chi connectivity index (χ0n) is 12.1. The highest BCUT2D eigenvalue weighted by molar-refractivity contribution is 4.97. The molecule has 0 unspecified atom stereocenters. The van der Waals surface area contributed by atoms with Crippen LogP contribution in [-0.2, 0) is 13.0 Å². The Balaban J connectivity index is 2.07. The lowest BCUT2D eigenvalue weighted by atomic mass is 10.1. The van der Waals surface area contributed by atoms with Gasteiger partial charge in [0.2, 0.25) is 0 Å². The van der Waals surface area contributed by atoms with E-state index in [1.807, 2.05) is 6.33 Å². The van der Waals surface area contributed by atoms with Gasteiger partial charge in [-0.2, -0.15) is 0 Å². The van der Waals surface area contributed by atoms with Gasteiger partial charge in [0.1, 0.15) is 0 Å². The van der Waals surface area contributed by atoms with Crippen LogP contribution in [0, 0.1) is 0 Å². The van der Waals surface area contributed by atoms with Crippen LogP contribution in [0.15, 0.2) is 12.5 Å². The van der Waals surface area contributed by atoms with Crippen LogP contribution in [-0.4, -0.2) is 22.6 Å². The van der Waals surface area contributed by atoms with Gasteiger partial charge in [-0.25, -0.2) is 4.98 Å². The molecule has 0 saturated heterocycles. The van der Waals surface area contributed by atoms with Gasteiger partial charge in [-0.05, 0) is 13.0 Å². The topological polar surface area (TPSA) is 29.9 Å². The molecular formula is C15H29N3. The SMILES string of the molecule is CCCCCCCCn1cnc(CCNCC)c1. The molecule has 0 spiro atoms. The van der Waals surface area contributed by atoms with Crippen molar-refractivity contribution < 1.29 is 0 Å². The van der Waals surface area contributed by atoms with Crippen molar-refractivity contribution in [3.05, 3.63) is 18.2 Å². The Bertz CT molecular complexity index is 294. The summed E-state index contributed by atoms with van der Waals surface area (Å²) < 4.78 is 2.24. The van der Waals surface area contributed by atoms with Crippen molar-refractivity contribution in [1.82, 2.24) is 14.9 Å². The predicted molar refractivity (Wildman–Crippen MR) is 77.9 cm³/mol. The maximum Gasteiger partial charge on any atom is 0.0949 e. The fraction of sp³-hybridized carbons (Fsp3) is 0.800. The molecule has 0 aliphatic heterocycles. The molecule has 1 rings (SSSR count). The number of nitrogens with one attached hydrogen (secondary N) is 1. The number of imidazole rings is 1. The van der Waals surface area contributed by atoms with Crippen molar-refractivity contribution in [2.24, 2.45) is 0 Å². The number of unbranched alkanes of at least 4 members (excludes halogenated alkanes) is 5. The zero-order valence-corrected chi connectivity index (χ0v) is 12.1. The van der Waals surface area contributed by atoms with Crippen LogP contribution in [0.2, 0.25) is 0 Å². The quantitative estimate of drug-likeness (QED) is 0.611. The molecule has 1 aromatic rings. The van der Waals surface area contributed by atoms with E-state index in [9.17, 15) is 0 Å². The van der Waals surface area contributed by atoms with Gasteiger partial charge in [0.05, 0.1) is 12.0 Å². The van der Waals surface area contributed by atoms with Gasteiger partial charge in [-0.15, -0.1) is 0 Å². The maximum absolute atomic E-state index is 4.44. The number of aryl methyl sites for hydroxylation is 1. The van der Waals surface area contributed by atoms with Crippen LogP contribution >= 0.6 is 0 Å². The van der Waals surface area contributed by atoms with Crippen molar-refractivity contribution in [3.8, 4) is 0 Å². The molecule has 3 heteroatoms. The average molecular weight is 251 g/mol. The molecule has 1 N–H and O–H groups in total. The lowest BCUT2D eigenvalue weighted by Crippen LogP contribution is -2.16. The van der Waals surface area contributed by atoms with Crippen molar-refractivity contribution in [2.75, 3.05) is 13.1 Å². The van der Waals surface area contributed by atoms with Crippen molar-refractivity contribution in [3.63, 3.8) is 0 Å². The van der Waals surface area contributed by atoms with Crippen LogP contribution < -0.4 is 5.32 Å². The molecule has 104 valence electrons. The molecule has 0 aromatic carbocycles. The van der Waals surface area contributed by atoms with Crippen molar-refractivity contribution in [2.45, 2.75) is 65.3 Å². The van der Waals surface area contributed by atoms with Gasteiger partial charge in [0.25, 0.3) is 0 Å². The Morgan fingerprint density at radius 1 is 1.11 bits per heavy atom. The van der Waals surface area contributed by atoms with Crippen molar-refractivity contribution >= 4 is 0 Å². The smallest absolute Gasteiger partial charge is 0.0949 e. The fourth-order valence-electron chi connectivity index (χ4n) is 2.13. The number of hydrogen-bond donors (Lipinski definition) is 1. The Morgan fingerprint density at radius 2 is 1.89 bits per heavy atom. The molecule has 0 radical (unpaired) electrons. The summed E-state index contributed by atoms with van der Waals surface area (Å²) in [4.78, 5) is 4.44. The third-order valence-corrected chi connectivity index (χ3v) is 3.26. The first kappa shape index (κ1) is 15.2. The second kappa shape index (κ2) is 10.1. The van der Waals surface area contributed by atoms with Gasteiger partial charge >= 0.3 is 0 Å². The lowest BCUT2D eigenvalue weighted by Gasteiger charge is -2.02. The van der Waals surface area contributed by atoms with E-state index in [1.165, 1.54) is 44.2 Å². The summed E-state index contributed by atoms with van der Waals surface area (Å²) in [6, 6.07) is 0. The van der Waals surface area contributed by atoms with E-state index < -0.39 is 0 Å². The molecular weight excluding hydrogens is 222 g/mol. The summed E-state index contributed by atoms with van der Waals surface area (Å²) in [5, 5.41) is 3.33. The zero-order chi connectivity index (χ0) is 13.1. The van der Waals surface area contributed by atoms with E-state index >= 15 is 0 Å². The highest BCUT2D eigenvalue weighted by Crippen LogP contribution is 2.06. The van der Waals surface area contributed by atoms with E-state index in [-0.39, 0.29) is 0 Å². The molecule has 0 fully saturated rings. The summed E-state index contributed by atoms with van der Waals surface area (Å²) in [6.45, 7) is 7.60. The number of aromatic nitrogens is 2. The molecule has 0 saturated carbocycles. The number of nitrogens with zero attached hydrogens (tertiary/aromatic N) is 2. The Hall–Kier alpha value is -0.830. The van der Waals surface area contributed by atoms with Crippen LogP contribution in [0.1, 0.15) is 58.1 Å². The van der Waals surface area contributed by atoms with Gasteiger partial charge in [-0.3, -0.25) is 0 Å². The first-order valence-electron chi connectivity index (χ1n) is 7.58. The van der Waals surface area contributed by atoms with Crippen LogP contribution in [0.4, 0.5) is 0 Å². The van der Waals surface area contributed by atoms with Crippen molar-refractivity contribution in [1.29, 1.82) is 0 Å². The standard InChI is InChI=1S/C15H29N3/c1-3-5-6-7-8-9-12-18-13-15(17-14-18)10-11-16-4-2/h13-14,16H,3-12H2,1-2H3. The summed E-state index contributed by atoms with van der Waals surface area (Å²) in [6.07, 6.45) is 13.4. The maximum atomic E-state index is 4.44. The molecule has 3 nitrogen and oxygen atoms in total. The number of hydrogen-bond acceptors (Lipinski definition) is 2. The minimum atomic E-state index is 1.03. The third kappa shape index (κ3) is 6.80. The van der Waals surface area contributed by atoms with Gasteiger partial charge in [-0.1, -0.05) is 46.0 Å². The van der Waals surface area contributed by atoms with Gasteiger partial charge in [0, 0.05) is 25.7 Å². The second-order valence-electron chi connectivity index (χ2n) is 4.97. The Labute approximate surface area is 112 Å². The third-order valence-electron chi connectivity index (χ3n) is 3.26. The first-order valence-corrected chi connectivity index (χ1v) is 7.58. The highest BCUT2D eigenvalue weighted by Gasteiger charge is 1.98. The molecule has 18 heavy (non-hydrogen) atoms. The minimum Gasteiger partial charge on any atom is -0.337 e. The highest BCUT2D eigenvalue weighted by atomic mass is 15.0. The van der Waals surface area contributed by atoms with E-state index in [2.05, 4.69) is 34.9 Å². The minimum absolute atomic E-state index is 1.03. The lowest BCUT2D eigenvalue weighted by molar-refractivity contribution is 0.557. The van der Waals surface area contributed by atoms with E-state index in [1.54, 1.807) is 0 Å². The summed E-state index contributed by atoms with van der Waals surface area (Å²) in [7, 11) is 0. The molecule has 0 bridgehead atoms. The predicted octanol–water partition coefficient (Wildman–Crippen LogP) is 3.40. The molecule has 1 aromatic heterocycles. The Kier molecular flexibility index (Phi) is 8.57. The van der Waals surface area contributed by atoms with Gasteiger partial charge in [0.15, 0.2) is 0 Å². The van der Waals surface area contributed by atoms with Crippen LogP contribution in [0.3, 0.4) is 0 Å². The largest absolute Gasteiger partial charge is 0.337 e. The van der Waals surface area contributed by atoms with Crippen LogP contribution in [0.25, 0.3) is 0 Å². The summed E-state index contributed by atoms with van der Waals surface area (Å²) in [5.41, 5.74) is 1.21. The first-order chi connectivity index (χ1) is 8.86. The van der Waals surface area contributed by atoms with E-state index in [0.29, 0.717) is 0 Å². The Morgan fingerprint density at radius 3 is 2.67 bits per heavy atom. The molecule has 0 aliphatic rings. The van der Waals surface area contributed by atoms with Gasteiger partial charge < -0.3 is 9.88 Å². The molecule has 1 heterocycles. The van der Waals surface area contributed by atoms with E-state index in [0.717, 1.165) is 26.1 Å². The molecule has 0 aliphatic carbocycles. The average Bonchev–Trinajstić information content (AvgIpc) is 2.82. The summed E-state index contributed by atoms with van der Waals surface area (Å²) >= 11 is 0. The fourth-order valence-corrected chi connectivity index (χ4v) is 2.13. The van der Waals surface area contributed by atoms with Crippen LogP contribution in [0.5, 0.6) is 0 Å². The normalized spacial score (nSPS) is 11.0.